The van der Waals surface area contributed by atoms with Gasteiger partial charge in [-0.3, -0.25) is 4.55 Å². The summed E-state index contributed by atoms with van der Waals surface area (Å²) in [6.07, 6.45) is 3.51. The highest BCUT2D eigenvalue weighted by atomic mass is 32.2. The predicted molar refractivity (Wildman–Crippen MR) is 67.1 cm³/mol. The lowest BCUT2D eigenvalue weighted by atomic mass is 9.61. The van der Waals surface area contributed by atoms with Crippen LogP contribution in [0.3, 0.4) is 0 Å². The number of alkyl halides is 2. The van der Waals surface area contributed by atoms with Gasteiger partial charge in [0.2, 0.25) is 0 Å². The minimum Gasteiger partial charge on any atom is -0.460 e. The summed E-state index contributed by atoms with van der Waals surface area (Å²) in [5.74, 6) is -2.01. The molecular formula is C12H18F2O6S. The van der Waals surface area contributed by atoms with Crippen molar-refractivity contribution >= 4 is 16.1 Å². The summed E-state index contributed by atoms with van der Waals surface area (Å²) in [4.78, 5) is 11.2. The number of halogens is 2. The van der Waals surface area contributed by atoms with E-state index in [9.17, 15) is 27.1 Å². The fourth-order valence-electron chi connectivity index (χ4n) is 3.53. The van der Waals surface area contributed by atoms with Crippen molar-refractivity contribution in [3.8, 4) is 0 Å². The highest BCUT2D eigenvalue weighted by Crippen LogP contribution is 2.49. The van der Waals surface area contributed by atoms with Gasteiger partial charge in [-0.05, 0) is 31.6 Å². The van der Waals surface area contributed by atoms with E-state index in [4.69, 9.17) is 4.55 Å². The predicted octanol–water partition coefficient (Wildman–Crippen LogP) is 1.34. The summed E-state index contributed by atoms with van der Waals surface area (Å²) < 4.78 is 60.0. The Kier molecular flexibility index (Phi) is 4.29. The second-order valence-electron chi connectivity index (χ2n) is 6.12. The Morgan fingerprint density at radius 2 is 2.05 bits per heavy atom. The van der Waals surface area contributed by atoms with Gasteiger partial charge in [0.05, 0.1) is 12.7 Å². The molecule has 0 spiro atoms. The van der Waals surface area contributed by atoms with Crippen LogP contribution >= 0.6 is 0 Å². The number of hydrogen-bond acceptors (Lipinski definition) is 5. The third-order valence-corrected chi connectivity index (χ3v) is 5.20. The maximum atomic E-state index is 13.1. The van der Waals surface area contributed by atoms with E-state index in [1.54, 1.807) is 0 Å². The number of carbonyl (C=O) groups excluding carboxylic acids is 1. The third-order valence-electron chi connectivity index (χ3n) is 4.39. The number of rotatable bonds is 4. The molecule has 0 aliphatic heterocycles. The van der Waals surface area contributed by atoms with E-state index in [0.29, 0.717) is 25.7 Å². The van der Waals surface area contributed by atoms with Gasteiger partial charge in [0, 0.05) is 5.41 Å². The molecule has 0 aromatic rings. The Bertz CT molecular complexity index is 516. The van der Waals surface area contributed by atoms with Crippen molar-refractivity contribution in [3.63, 3.8) is 0 Å². The molecule has 6 nitrogen and oxygen atoms in total. The van der Waals surface area contributed by atoms with Gasteiger partial charge in [-0.25, -0.2) is 4.79 Å². The van der Waals surface area contributed by atoms with Crippen LogP contribution in [-0.2, 0) is 19.6 Å². The molecular weight excluding hydrogens is 310 g/mol. The van der Waals surface area contributed by atoms with E-state index in [1.165, 1.54) is 0 Å². The Hall–Kier alpha value is -0.800. The molecule has 122 valence electrons. The van der Waals surface area contributed by atoms with Crippen LogP contribution < -0.4 is 0 Å². The number of carbonyl (C=O) groups is 1. The summed E-state index contributed by atoms with van der Waals surface area (Å²) >= 11 is 0. The number of hydrogen-bond donors (Lipinski definition) is 2. The first kappa shape index (κ1) is 16.6. The molecule has 2 bridgehead atoms. The molecule has 2 N–H and O–H groups in total. The second-order valence-corrected chi connectivity index (χ2v) is 7.59. The van der Waals surface area contributed by atoms with E-state index >= 15 is 0 Å². The van der Waals surface area contributed by atoms with Crippen molar-refractivity contribution in [1.29, 1.82) is 0 Å². The Balaban J connectivity index is 2.03. The first-order chi connectivity index (χ1) is 9.56. The minimum absolute atomic E-state index is 0.267. The maximum absolute atomic E-state index is 13.1. The smallest absolute Gasteiger partial charge is 0.460 e. The summed E-state index contributed by atoms with van der Waals surface area (Å²) in [5, 5.41) is 4.84. The normalized spacial score (nSPS) is 33.5. The van der Waals surface area contributed by atoms with Crippen molar-refractivity contribution in [2.24, 2.45) is 11.3 Å². The summed E-state index contributed by atoms with van der Waals surface area (Å²) in [5.41, 5.74) is -0.578. The maximum Gasteiger partial charge on any atom is 0.465 e. The van der Waals surface area contributed by atoms with Crippen LogP contribution in [0.25, 0.3) is 0 Å². The lowest BCUT2D eigenvalue weighted by Crippen LogP contribution is -2.45. The monoisotopic (exact) mass is 328 g/mol. The van der Waals surface area contributed by atoms with Crippen molar-refractivity contribution in [2.75, 3.05) is 6.61 Å². The molecule has 0 heterocycles. The zero-order valence-corrected chi connectivity index (χ0v) is 12.1. The first-order valence-corrected chi connectivity index (χ1v) is 8.20. The van der Waals surface area contributed by atoms with Gasteiger partial charge >= 0.3 is 21.3 Å². The van der Waals surface area contributed by atoms with Crippen molar-refractivity contribution in [2.45, 2.75) is 49.9 Å². The highest BCUT2D eigenvalue weighted by Gasteiger charge is 2.55. The van der Waals surface area contributed by atoms with Crippen LogP contribution in [0.1, 0.15) is 38.5 Å². The molecule has 0 aromatic heterocycles. The highest BCUT2D eigenvalue weighted by molar-refractivity contribution is 7.87. The van der Waals surface area contributed by atoms with Gasteiger partial charge in [-0.15, -0.1) is 0 Å². The second kappa shape index (κ2) is 5.44. The quantitative estimate of drug-likeness (QED) is 0.596. The molecule has 3 atom stereocenters. The fraction of sp³-hybridized carbons (Fsp3) is 0.917. The van der Waals surface area contributed by atoms with E-state index in [0.717, 1.165) is 12.8 Å². The van der Waals surface area contributed by atoms with Crippen molar-refractivity contribution in [3.05, 3.63) is 0 Å². The zero-order valence-electron chi connectivity index (χ0n) is 11.3. The zero-order chi connectivity index (χ0) is 15.9. The van der Waals surface area contributed by atoms with E-state index in [-0.39, 0.29) is 12.5 Å². The average molecular weight is 328 g/mol. The van der Waals surface area contributed by atoms with Gasteiger partial charge < -0.3 is 9.84 Å². The third kappa shape index (κ3) is 3.35. The van der Waals surface area contributed by atoms with Crippen LogP contribution in [0, 0.1) is 11.3 Å². The minimum atomic E-state index is -5.85. The van der Waals surface area contributed by atoms with Crippen LogP contribution in [0.15, 0.2) is 0 Å². The van der Waals surface area contributed by atoms with Crippen molar-refractivity contribution in [1.82, 2.24) is 0 Å². The van der Waals surface area contributed by atoms with Crippen LogP contribution in [0.2, 0.25) is 0 Å². The summed E-state index contributed by atoms with van der Waals surface area (Å²) in [6.45, 7) is -0.371. The van der Waals surface area contributed by atoms with Gasteiger partial charge in [0.25, 0.3) is 0 Å². The Morgan fingerprint density at radius 1 is 1.38 bits per heavy atom. The number of aliphatic hydroxyl groups excluding tert-OH is 1. The van der Waals surface area contributed by atoms with Crippen molar-refractivity contribution < 1.29 is 36.4 Å². The number of fused-ring (bicyclic) bond motifs is 2. The lowest BCUT2D eigenvalue weighted by Gasteiger charge is -2.46. The molecule has 2 saturated carbocycles. The molecule has 2 aliphatic carbocycles. The van der Waals surface area contributed by atoms with E-state index in [1.807, 2.05) is 0 Å². The van der Waals surface area contributed by atoms with Gasteiger partial charge in [-0.1, -0.05) is 12.8 Å². The molecule has 9 heteroatoms. The van der Waals surface area contributed by atoms with Gasteiger partial charge in [0.15, 0.2) is 0 Å². The largest absolute Gasteiger partial charge is 0.465 e. The molecule has 0 radical (unpaired) electrons. The van der Waals surface area contributed by atoms with Gasteiger partial charge in [0.1, 0.15) is 0 Å². The topological polar surface area (TPSA) is 101 Å². The molecule has 0 saturated heterocycles. The Morgan fingerprint density at radius 3 is 2.67 bits per heavy atom. The number of esters is 1. The molecule has 21 heavy (non-hydrogen) atoms. The van der Waals surface area contributed by atoms with Gasteiger partial charge in [-0.2, -0.15) is 17.2 Å². The first-order valence-electron chi connectivity index (χ1n) is 6.76. The molecule has 3 unspecified atom stereocenters. The standard InChI is InChI=1S/C12H18F2O6S/c13-12(14,21(17,18)19)10(16)20-7-11-3-1-2-8(5-11)4-9(15)6-11/h8-9,15H,1-7H2,(H,17,18,19). The lowest BCUT2D eigenvalue weighted by molar-refractivity contribution is -0.169. The van der Waals surface area contributed by atoms with E-state index in [2.05, 4.69) is 4.74 Å². The molecule has 2 rings (SSSR count). The molecule has 2 fully saturated rings. The van der Waals surface area contributed by atoms with Crippen LogP contribution in [0.5, 0.6) is 0 Å². The Labute approximate surface area is 121 Å². The van der Waals surface area contributed by atoms with Crippen LogP contribution in [-0.4, -0.2) is 42.0 Å². The fourth-order valence-corrected chi connectivity index (χ4v) is 3.80. The summed E-state index contributed by atoms with van der Waals surface area (Å²) in [7, 11) is -5.85. The van der Waals surface area contributed by atoms with Crippen LogP contribution in [0.4, 0.5) is 8.78 Å². The SMILES string of the molecule is O=C(OCC12CCCC(CC(O)C1)C2)C(F)(F)S(=O)(=O)O. The number of aliphatic hydroxyl groups is 1. The number of ether oxygens (including phenoxy) is 1. The molecule has 0 aromatic carbocycles. The summed E-state index contributed by atoms with van der Waals surface area (Å²) in [6, 6.07) is 0. The van der Waals surface area contributed by atoms with E-state index < -0.39 is 32.9 Å². The average Bonchev–Trinajstić information content (AvgIpc) is 2.33. The molecule has 2 aliphatic rings. The molecule has 0 amide bonds.